The van der Waals surface area contributed by atoms with Crippen molar-refractivity contribution < 1.29 is 32.1 Å². The molecule has 1 aromatic carbocycles. The van der Waals surface area contributed by atoms with Gasteiger partial charge in [-0.3, -0.25) is 9.69 Å². The van der Waals surface area contributed by atoms with Crippen molar-refractivity contribution in [1.29, 1.82) is 0 Å². The monoisotopic (exact) mass is 507 g/mol. The van der Waals surface area contributed by atoms with Crippen molar-refractivity contribution in [1.82, 2.24) is 9.88 Å². The van der Waals surface area contributed by atoms with Crippen molar-refractivity contribution in [3.63, 3.8) is 0 Å². The summed E-state index contributed by atoms with van der Waals surface area (Å²) in [6, 6.07) is 6.02. The van der Waals surface area contributed by atoms with Crippen LogP contribution in [0.15, 0.2) is 34.8 Å². The minimum atomic E-state index is -3.68. The number of carbonyl (C=O) groups is 2. The van der Waals surface area contributed by atoms with Gasteiger partial charge in [-0.25, -0.2) is 4.98 Å². The molecule has 1 fully saturated rings. The molecule has 2 atom stereocenters. The maximum Gasteiger partial charge on any atom is 0.321 e. The van der Waals surface area contributed by atoms with Crippen LogP contribution in [0.25, 0.3) is 0 Å². The van der Waals surface area contributed by atoms with E-state index in [-0.39, 0.29) is 18.1 Å². The minimum absolute atomic E-state index is 0.0131. The summed E-state index contributed by atoms with van der Waals surface area (Å²) in [5.41, 5.74) is 1.99. The van der Waals surface area contributed by atoms with Crippen LogP contribution in [0, 0.1) is 0 Å². The zero-order valence-electron chi connectivity index (χ0n) is 18.5. The number of carbonyl (C=O) groups excluding carboxylic acids is 1. The molecule has 0 aliphatic carbocycles. The highest BCUT2D eigenvalue weighted by atomic mass is 32.2. The van der Waals surface area contributed by atoms with E-state index in [1.807, 2.05) is 10.3 Å². The Morgan fingerprint density at radius 3 is 2.76 bits per heavy atom. The topological polar surface area (TPSA) is 135 Å². The number of carboxylic acid groups (broad SMARTS) is 1. The van der Waals surface area contributed by atoms with E-state index in [1.54, 1.807) is 24.3 Å². The molecular weight excluding hydrogens is 482 g/mol. The molecule has 182 valence electrons. The first-order valence-corrected chi connectivity index (χ1v) is 13.5. The first-order valence-electron chi connectivity index (χ1n) is 10.8. The Hall–Kier alpha value is -2.83. The molecule has 4 rings (SSSR count). The van der Waals surface area contributed by atoms with Gasteiger partial charge in [-0.15, -0.1) is 11.3 Å². The zero-order valence-corrected chi connectivity index (χ0v) is 20.1. The van der Waals surface area contributed by atoms with Gasteiger partial charge in [-0.1, -0.05) is 23.4 Å². The number of oxime groups is 1. The summed E-state index contributed by atoms with van der Waals surface area (Å²) < 4.78 is 28.3. The van der Waals surface area contributed by atoms with Crippen LogP contribution in [0.1, 0.15) is 54.0 Å². The second-order valence-corrected chi connectivity index (χ2v) is 10.8. The molecule has 0 saturated carbocycles. The van der Waals surface area contributed by atoms with Gasteiger partial charge in [-0.05, 0) is 32.0 Å². The maximum absolute atomic E-state index is 11.6. The molecule has 10 nitrogen and oxygen atoms in total. The van der Waals surface area contributed by atoms with Crippen molar-refractivity contribution in [2.45, 2.75) is 43.7 Å². The molecule has 0 bridgehead atoms. The molecule has 34 heavy (non-hydrogen) atoms. The molecule has 2 aliphatic heterocycles. The van der Waals surface area contributed by atoms with Gasteiger partial charge in [-0.2, -0.15) is 8.42 Å². The highest BCUT2D eigenvalue weighted by Crippen LogP contribution is 2.37. The van der Waals surface area contributed by atoms with Gasteiger partial charge in [0.25, 0.3) is 0 Å². The first-order chi connectivity index (χ1) is 16.2. The highest BCUT2D eigenvalue weighted by molar-refractivity contribution is 7.86. The molecule has 1 saturated heterocycles. The average Bonchev–Trinajstić information content (AvgIpc) is 3.47. The fraction of sp³-hybridized carbons (Fsp3) is 0.455. The quantitative estimate of drug-likeness (QED) is 0.401. The Balaban J connectivity index is 1.39. The van der Waals surface area contributed by atoms with Crippen molar-refractivity contribution in [3.8, 4) is 5.75 Å². The normalized spacial score (nSPS) is 20.4. The molecular formula is C22H25N3O7S2. The third kappa shape index (κ3) is 5.62. The highest BCUT2D eigenvalue weighted by Gasteiger charge is 2.32. The minimum Gasteiger partial charge on any atom is -0.480 e. The van der Waals surface area contributed by atoms with E-state index in [9.17, 15) is 23.1 Å². The predicted octanol–water partition coefficient (Wildman–Crippen LogP) is 2.57. The third-order valence-electron chi connectivity index (χ3n) is 5.92. The number of para-hydroxylation sites is 1. The molecule has 1 aromatic heterocycles. The lowest BCUT2D eigenvalue weighted by atomic mass is 9.95. The van der Waals surface area contributed by atoms with Crippen LogP contribution in [0.2, 0.25) is 0 Å². The predicted molar refractivity (Wildman–Crippen MR) is 125 cm³/mol. The van der Waals surface area contributed by atoms with E-state index in [0.717, 1.165) is 29.8 Å². The second-order valence-electron chi connectivity index (χ2n) is 8.30. The fourth-order valence-electron chi connectivity index (χ4n) is 4.24. The Kier molecular flexibility index (Phi) is 7.29. The van der Waals surface area contributed by atoms with Crippen molar-refractivity contribution in [3.05, 3.63) is 45.9 Å². The summed E-state index contributed by atoms with van der Waals surface area (Å²) in [5, 5.41) is 16.4. The van der Waals surface area contributed by atoms with Gasteiger partial charge in [0.05, 0.1) is 17.0 Å². The Labute approximate surface area is 201 Å². The molecule has 2 aromatic rings. The number of hydrogen-bond acceptors (Lipinski definition) is 10. The molecule has 12 heteroatoms. The van der Waals surface area contributed by atoms with Crippen LogP contribution in [0.4, 0.5) is 0 Å². The van der Waals surface area contributed by atoms with Gasteiger partial charge >= 0.3 is 16.1 Å². The van der Waals surface area contributed by atoms with E-state index < -0.39 is 28.2 Å². The van der Waals surface area contributed by atoms with Gasteiger partial charge in [0.1, 0.15) is 23.8 Å². The van der Waals surface area contributed by atoms with Crippen molar-refractivity contribution in [2.24, 2.45) is 5.16 Å². The van der Waals surface area contributed by atoms with Gasteiger partial charge in [0, 0.05) is 29.7 Å². The molecule has 1 N–H and O–H groups in total. The SMILES string of the molecule is CS(=O)(=O)Oc1ccccc1C1CC(c2csc(C3CCN(C(CC=O)C(=O)O)CC3)n2)=NO1. The van der Waals surface area contributed by atoms with Crippen LogP contribution >= 0.6 is 11.3 Å². The number of aldehydes is 1. The zero-order chi connectivity index (χ0) is 24.3. The number of aliphatic carboxylic acids is 1. The lowest BCUT2D eigenvalue weighted by Crippen LogP contribution is -2.45. The molecule has 0 spiro atoms. The summed E-state index contributed by atoms with van der Waals surface area (Å²) in [7, 11) is -3.68. The molecule has 2 aliphatic rings. The van der Waals surface area contributed by atoms with Crippen LogP contribution in [-0.2, 0) is 24.5 Å². The number of piperidine rings is 1. The number of carboxylic acids is 1. The first kappa shape index (κ1) is 24.3. The van der Waals surface area contributed by atoms with E-state index in [4.69, 9.17) is 14.0 Å². The summed E-state index contributed by atoms with van der Waals surface area (Å²) in [5.74, 6) is -0.547. The van der Waals surface area contributed by atoms with E-state index >= 15 is 0 Å². The van der Waals surface area contributed by atoms with Crippen LogP contribution in [0.3, 0.4) is 0 Å². The standard InChI is InChI=1S/C22H25N3O7S2/c1-34(29,30)32-19-5-3-2-4-15(19)20-12-16(24-31-20)17-13-33-21(23-17)14-6-9-25(10-7-14)18(8-11-26)22(27)28/h2-5,11,13-14,18,20H,6-10,12H2,1H3,(H,27,28). The Morgan fingerprint density at radius 1 is 1.35 bits per heavy atom. The van der Waals surface area contributed by atoms with Crippen molar-refractivity contribution in [2.75, 3.05) is 19.3 Å². The summed E-state index contributed by atoms with van der Waals surface area (Å²) >= 11 is 1.53. The number of aromatic nitrogens is 1. The number of hydrogen-bond donors (Lipinski definition) is 1. The summed E-state index contributed by atoms with van der Waals surface area (Å²) in [4.78, 5) is 34.4. The second kappa shape index (κ2) is 10.2. The van der Waals surface area contributed by atoms with Gasteiger partial charge in [0.15, 0.2) is 6.10 Å². The molecule has 0 amide bonds. The third-order valence-corrected chi connectivity index (χ3v) is 7.41. The average molecular weight is 508 g/mol. The van der Waals surface area contributed by atoms with E-state index in [2.05, 4.69) is 5.16 Å². The lowest BCUT2D eigenvalue weighted by molar-refractivity contribution is -0.145. The van der Waals surface area contributed by atoms with Gasteiger partial charge in [0.2, 0.25) is 0 Å². The van der Waals surface area contributed by atoms with E-state index in [1.165, 1.54) is 11.3 Å². The number of likely N-dealkylation sites (tertiary alicyclic amines) is 1. The maximum atomic E-state index is 11.6. The van der Waals surface area contributed by atoms with Crippen LogP contribution in [0.5, 0.6) is 5.75 Å². The Morgan fingerprint density at radius 2 is 2.09 bits per heavy atom. The smallest absolute Gasteiger partial charge is 0.321 e. The number of rotatable bonds is 9. The summed E-state index contributed by atoms with van der Waals surface area (Å²) in [6.45, 7) is 1.18. The molecule has 2 unspecified atom stereocenters. The van der Waals surface area contributed by atoms with E-state index in [0.29, 0.717) is 37.1 Å². The number of nitrogens with zero attached hydrogens (tertiary/aromatic N) is 3. The van der Waals surface area contributed by atoms with Crippen LogP contribution < -0.4 is 4.18 Å². The van der Waals surface area contributed by atoms with Gasteiger partial charge < -0.3 is 18.9 Å². The van der Waals surface area contributed by atoms with Crippen LogP contribution in [-0.4, -0.2) is 66.8 Å². The number of thiazole rings is 1. The fourth-order valence-corrected chi connectivity index (χ4v) is 5.72. The van der Waals surface area contributed by atoms with Crippen molar-refractivity contribution >= 4 is 39.4 Å². The largest absolute Gasteiger partial charge is 0.480 e. The molecule has 3 heterocycles. The molecule has 0 radical (unpaired) electrons. The lowest BCUT2D eigenvalue weighted by Gasteiger charge is -2.34. The number of benzene rings is 1. The summed E-state index contributed by atoms with van der Waals surface area (Å²) in [6.07, 6.45) is 3.11. The Bertz CT molecular complexity index is 1190.